The van der Waals surface area contributed by atoms with E-state index in [9.17, 15) is 26.4 Å². The van der Waals surface area contributed by atoms with Crippen LogP contribution in [0.1, 0.15) is 54.6 Å². The van der Waals surface area contributed by atoms with Gasteiger partial charge in [0.1, 0.15) is 17.2 Å². The largest absolute Gasteiger partial charge is 0.363 e. The fraction of sp³-hybridized carbons (Fsp3) is 0.500. The first-order chi connectivity index (χ1) is 16.0. The minimum Gasteiger partial charge on any atom is -0.363 e. The molecule has 3 aliphatic rings. The van der Waals surface area contributed by atoms with Crippen LogP contribution in [0.3, 0.4) is 0 Å². The maximum Gasteiger partial charge on any atom is 0.266 e. The van der Waals surface area contributed by atoms with Gasteiger partial charge in [-0.2, -0.15) is 4.31 Å². The molecule has 1 aromatic carbocycles. The van der Waals surface area contributed by atoms with Gasteiger partial charge in [-0.1, -0.05) is 18.2 Å². The highest BCUT2D eigenvalue weighted by molar-refractivity contribution is 7.91. The summed E-state index contributed by atoms with van der Waals surface area (Å²) < 4.78 is 65.2. The van der Waals surface area contributed by atoms with Crippen LogP contribution in [0.25, 0.3) is 0 Å². The van der Waals surface area contributed by atoms with Crippen LogP contribution in [-0.4, -0.2) is 46.3 Å². The van der Waals surface area contributed by atoms with Crippen molar-refractivity contribution in [3.05, 3.63) is 51.7 Å². The van der Waals surface area contributed by atoms with Crippen molar-refractivity contribution in [3.63, 3.8) is 0 Å². The van der Waals surface area contributed by atoms with Gasteiger partial charge >= 0.3 is 0 Å². The molecule has 1 aliphatic carbocycles. The van der Waals surface area contributed by atoms with Crippen molar-refractivity contribution in [1.82, 2.24) is 14.3 Å². The number of hydrogen-bond donors (Lipinski definition) is 1. The van der Waals surface area contributed by atoms with Gasteiger partial charge in [-0.3, -0.25) is 4.79 Å². The second kappa shape index (κ2) is 8.17. The van der Waals surface area contributed by atoms with E-state index >= 15 is 0 Å². The number of alkyl halides is 2. The molecule has 2 aliphatic heterocycles. The Bertz CT molecular complexity index is 1290. The Morgan fingerprint density at radius 3 is 2.68 bits per heavy atom. The number of hydrogen-bond acceptors (Lipinski definition) is 6. The predicted molar refractivity (Wildman–Crippen MR) is 119 cm³/mol. The Labute approximate surface area is 199 Å². The highest BCUT2D eigenvalue weighted by atomic mass is 35.5. The standard InChI is InChI=1S/C22H22ClF3N4O3S/c1-11(13-3-2-4-14(18(13)24)19(25)26)27-20-15-7-12(8-16(15)28-21(23)29-20)5-6-17(31)22-9-30(22)34(32,33)10-22/h2-4,11-12,19H,5-10H2,1H3,(H,27,28,29)/t11-,12?,22?,30?/m1/s1. The summed E-state index contributed by atoms with van der Waals surface area (Å²) >= 11 is 6.10. The maximum atomic E-state index is 14.6. The number of anilines is 1. The zero-order valence-electron chi connectivity index (χ0n) is 18.2. The lowest BCUT2D eigenvalue weighted by Gasteiger charge is -2.25. The monoisotopic (exact) mass is 514 g/mol. The fourth-order valence-electron chi connectivity index (χ4n) is 5.07. The van der Waals surface area contributed by atoms with Gasteiger partial charge in [-0.25, -0.2) is 31.6 Å². The molecule has 1 N–H and O–H groups in total. The van der Waals surface area contributed by atoms with E-state index in [4.69, 9.17) is 11.6 Å². The van der Waals surface area contributed by atoms with E-state index in [1.165, 1.54) is 16.4 Å². The molecule has 3 heterocycles. The van der Waals surface area contributed by atoms with E-state index in [0.717, 1.165) is 17.3 Å². The zero-order valence-corrected chi connectivity index (χ0v) is 19.8. The molecule has 0 spiro atoms. The zero-order chi connectivity index (χ0) is 24.4. The first-order valence-corrected chi connectivity index (χ1v) is 12.9. The quantitative estimate of drug-likeness (QED) is 0.425. The van der Waals surface area contributed by atoms with Crippen LogP contribution in [0.4, 0.5) is 19.0 Å². The number of sulfonamides is 1. The van der Waals surface area contributed by atoms with Gasteiger partial charge < -0.3 is 5.32 Å². The summed E-state index contributed by atoms with van der Waals surface area (Å²) in [5.41, 5.74) is 0.162. The molecular weight excluding hydrogens is 493 g/mol. The van der Waals surface area contributed by atoms with E-state index in [1.807, 2.05) is 0 Å². The molecule has 182 valence electrons. The third-order valence-electron chi connectivity index (χ3n) is 6.99. The molecule has 34 heavy (non-hydrogen) atoms. The lowest BCUT2D eigenvalue weighted by Crippen LogP contribution is -2.49. The normalized spacial score (nSPS) is 27.0. The molecule has 2 fully saturated rings. The Balaban J connectivity index is 1.27. The number of rotatable bonds is 8. The summed E-state index contributed by atoms with van der Waals surface area (Å²) in [5, 5.41) is 3.10. The highest BCUT2D eigenvalue weighted by Gasteiger charge is 2.73. The Hall–Kier alpha value is -2.24. The van der Waals surface area contributed by atoms with Crippen molar-refractivity contribution >= 4 is 33.2 Å². The number of aromatic nitrogens is 2. The van der Waals surface area contributed by atoms with E-state index in [-0.39, 0.29) is 41.3 Å². The van der Waals surface area contributed by atoms with Crippen LogP contribution in [-0.2, 0) is 27.7 Å². The SMILES string of the molecule is C[C@@H](Nc1nc(Cl)nc2c1CC(CCC(=O)C13CN1S(=O)(=O)C3)C2)c1cccc(C(F)F)c1F. The average Bonchev–Trinajstić information content (AvgIpc) is 3.25. The molecule has 5 rings (SSSR count). The van der Waals surface area contributed by atoms with Crippen molar-refractivity contribution in [2.24, 2.45) is 5.92 Å². The van der Waals surface area contributed by atoms with Crippen LogP contribution in [0.2, 0.25) is 5.28 Å². The van der Waals surface area contributed by atoms with Crippen LogP contribution in [0.5, 0.6) is 0 Å². The summed E-state index contributed by atoms with van der Waals surface area (Å²) in [4.78, 5) is 21.1. The molecule has 12 heteroatoms. The number of halogens is 4. The molecule has 0 radical (unpaired) electrons. The Morgan fingerprint density at radius 1 is 1.29 bits per heavy atom. The maximum absolute atomic E-state index is 14.6. The van der Waals surface area contributed by atoms with Gasteiger partial charge in [0.05, 0.1) is 23.1 Å². The van der Waals surface area contributed by atoms with Crippen molar-refractivity contribution in [2.75, 3.05) is 17.6 Å². The molecule has 7 nitrogen and oxygen atoms in total. The van der Waals surface area contributed by atoms with E-state index in [0.29, 0.717) is 25.1 Å². The smallest absolute Gasteiger partial charge is 0.266 e. The van der Waals surface area contributed by atoms with Gasteiger partial charge in [0.25, 0.3) is 6.43 Å². The molecule has 4 atom stereocenters. The summed E-state index contributed by atoms with van der Waals surface area (Å²) in [6, 6.07) is 3.23. The average molecular weight is 515 g/mol. The first kappa shape index (κ1) is 23.5. The molecular formula is C22H22ClF3N4O3S. The second-order valence-corrected chi connectivity index (χ2v) is 11.4. The second-order valence-electron chi connectivity index (χ2n) is 9.21. The Morgan fingerprint density at radius 2 is 2.03 bits per heavy atom. The number of carbonyl (C=O) groups excluding carboxylic acids is 1. The number of nitrogens with zero attached hydrogens (tertiary/aromatic N) is 3. The summed E-state index contributed by atoms with van der Waals surface area (Å²) in [7, 11) is -3.22. The van der Waals surface area contributed by atoms with Crippen molar-refractivity contribution in [2.45, 2.75) is 50.6 Å². The molecule has 2 saturated heterocycles. The number of Topliss-reactive ketones (excluding diaryl/α,β-unsaturated/α-hetero) is 1. The van der Waals surface area contributed by atoms with Crippen molar-refractivity contribution in [3.8, 4) is 0 Å². The topological polar surface area (TPSA) is 92.0 Å². The van der Waals surface area contributed by atoms with Gasteiger partial charge in [-0.05, 0) is 43.7 Å². The predicted octanol–water partition coefficient (Wildman–Crippen LogP) is 3.84. The van der Waals surface area contributed by atoms with Gasteiger partial charge in [0, 0.05) is 24.1 Å². The van der Waals surface area contributed by atoms with E-state index in [2.05, 4.69) is 15.3 Å². The lowest BCUT2D eigenvalue weighted by atomic mass is 9.94. The first-order valence-electron chi connectivity index (χ1n) is 10.9. The molecule has 2 aromatic rings. The molecule has 0 saturated carbocycles. The third-order valence-corrected chi connectivity index (χ3v) is 9.15. The molecule has 3 unspecified atom stereocenters. The van der Waals surface area contributed by atoms with E-state index in [1.54, 1.807) is 6.92 Å². The number of benzene rings is 1. The molecule has 0 amide bonds. The molecule has 1 aromatic heterocycles. The lowest BCUT2D eigenvalue weighted by molar-refractivity contribution is -0.122. The summed E-state index contributed by atoms with van der Waals surface area (Å²) in [6.45, 7) is 1.93. The van der Waals surface area contributed by atoms with Gasteiger partial charge in [-0.15, -0.1) is 0 Å². The van der Waals surface area contributed by atoms with Gasteiger partial charge in [0.2, 0.25) is 15.3 Å². The highest BCUT2D eigenvalue weighted by Crippen LogP contribution is 2.49. The summed E-state index contributed by atoms with van der Waals surface area (Å²) in [5.74, 6) is -0.599. The molecule has 0 bridgehead atoms. The third kappa shape index (κ3) is 3.87. The van der Waals surface area contributed by atoms with Gasteiger partial charge in [0.15, 0.2) is 5.78 Å². The van der Waals surface area contributed by atoms with Crippen molar-refractivity contribution < 1.29 is 26.4 Å². The number of nitrogens with one attached hydrogen (secondary N) is 1. The minimum atomic E-state index is -3.22. The summed E-state index contributed by atoms with van der Waals surface area (Å²) in [6.07, 6.45) is -0.920. The minimum absolute atomic E-state index is 0.0131. The fourth-order valence-corrected chi connectivity index (χ4v) is 7.32. The van der Waals surface area contributed by atoms with Crippen LogP contribution < -0.4 is 5.32 Å². The van der Waals surface area contributed by atoms with E-state index < -0.39 is 39.4 Å². The Kier molecular flexibility index (Phi) is 5.64. The number of ketones is 1. The number of fused-ring (bicyclic) bond motifs is 2. The van der Waals surface area contributed by atoms with Crippen molar-refractivity contribution in [1.29, 1.82) is 0 Å². The van der Waals surface area contributed by atoms with Crippen LogP contribution in [0.15, 0.2) is 18.2 Å². The van der Waals surface area contributed by atoms with Crippen LogP contribution in [0, 0.1) is 11.7 Å². The number of carbonyl (C=O) groups is 1. The van der Waals surface area contributed by atoms with Crippen LogP contribution >= 0.6 is 11.6 Å².